The lowest BCUT2D eigenvalue weighted by atomic mass is 10.1. The van der Waals surface area contributed by atoms with Crippen molar-refractivity contribution in [1.82, 2.24) is 5.32 Å². The second kappa shape index (κ2) is 9.48. The van der Waals surface area contributed by atoms with E-state index in [1.54, 1.807) is 37.1 Å². The van der Waals surface area contributed by atoms with Gasteiger partial charge in [-0.2, -0.15) is 11.8 Å². The summed E-state index contributed by atoms with van der Waals surface area (Å²) < 4.78 is 5.25. The molecule has 0 radical (unpaired) electrons. The highest BCUT2D eigenvalue weighted by Crippen LogP contribution is 2.23. The van der Waals surface area contributed by atoms with Crippen molar-refractivity contribution in [3.8, 4) is 5.75 Å². The molecule has 1 N–H and O–H groups in total. The number of rotatable bonds is 8. The minimum absolute atomic E-state index is 0.0223. The zero-order valence-electron chi connectivity index (χ0n) is 13.0. The summed E-state index contributed by atoms with van der Waals surface area (Å²) in [5.74, 6) is 2.50. The molecule has 0 saturated heterocycles. The lowest BCUT2D eigenvalue weighted by Crippen LogP contribution is -2.27. The van der Waals surface area contributed by atoms with E-state index in [1.165, 1.54) is 5.56 Å². The van der Waals surface area contributed by atoms with Gasteiger partial charge in [-0.25, -0.2) is 0 Å². The molecule has 0 aliphatic rings. The molecule has 0 aromatic heterocycles. The Labute approximate surface area is 146 Å². The largest absolute Gasteiger partial charge is 0.496 e. The van der Waals surface area contributed by atoms with Crippen LogP contribution < -0.4 is 10.1 Å². The molecule has 122 valence electrons. The predicted molar refractivity (Wildman–Crippen MR) is 97.3 cm³/mol. The number of ether oxygens (including phenoxy) is 1. The van der Waals surface area contributed by atoms with E-state index in [0.29, 0.717) is 17.3 Å². The first-order chi connectivity index (χ1) is 11.2. The fourth-order valence-corrected chi connectivity index (χ4v) is 3.16. The molecule has 0 saturated carbocycles. The first-order valence-corrected chi connectivity index (χ1v) is 8.93. The number of hydrogen-bond donors (Lipinski definition) is 1. The van der Waals surface area contributed by atoms with Gasteiger partial charge in [0.05, 0.1) is 13.5 Å². The number of benzene rings is 2. The van der Waals surface area contributed by atoms with Crippen LogP contribution in [0.15, 0.2) is 48.5 Å². The molecule has 2 aromatic carbocycles. The number of carbonyl (C=O) groups excluding carboxylic acids is 1. The third kappa shape index (κ3) is 6.16. The van der Waals surface area contributed by atoms with Crippen LogP contribution in [0.2, 0.25) is 5.02 Å². The minimum atomic E-state index is -0.0223. The average molecular weight is 350 g/mol. The summed E-state index contributed by atoms with van der Waals surface area (Å²) in [7, 11) is 1.59. The quantitative estimate of drug-likeness (QED) is 0.733. The molecule has 2 rings (SSSR count). The topological polar surface area (TPSA) is 38.3 Å². The lowest BCUT2D eigenvalue weighted by molar-refractivity contribution is -0.120. The zero-order valence-corrected chi connectivity index (χ0v) is 14.6. The summed E-state index contributed by atoms with van der Waals surface area (Å²) in [6.45, 7) is 0.652. The van der Waals surface area contributed by atoms with Crippen molar-refractivity contribution in [2.75, 3.05) is 19.4 Å². The number of amides is 1. The van der Waals surface area contributed by atoms with E-state index in [2.05, 4.69) is 17.4 Å². The molecule has 0 spiro atoms. The third-order valence-electron chi connectivity index (χ3n) is 3.27. The molecular weight excluding hydrogens is 330 g/mol. The Hall–Kier alpha value is -1.65. The van der Waals surface area contributed by atoms with E-state index >= 15 is 0 Å². The molecule has 0 atom stereocenters. The highest BCUT2D eigenvalue weighted by Gasteiger charge is 2.09. The van der Waals surface area contributed by atoms with Gasteiger partial charge in [-0.1, -0.05) is 41.9 Å². The van der Waals surface area contributed by atoms with E-state index in [-0.39, 0.29) is 12.3 Å². The van der Waals surface area contributed by atoms with Gasteiger partial charge >= 0.3 is 0 Å². The number of hydrogen-bond acceptors (Lipinski definition) is 3. The van der Waals surface area contributed by atoms with E-state index in [1.807, 2.05) is 18.2 Å². The van der Waals surface area contributed by atoms with Gasteiger partial charge < -0.3 is 10.1 Å². The standard InChI is InChI=1S/C18H20ClNO2S/c1-22-17-8-7-16(19)11-15(17)12-18(21)20-9-10-23-13-14-5-3-2-4-6-14/h2-8,11H,9-10,12-13H2,1H3,(H,20,21). The summed E-state index contributed by atoms with van der Waals surface area (Å²) in [6, 6.07) is 15.6. The van der Waals surface area contributed by atoms with Crippen molar-refractivity contribution in [1.29, 1.82) is 0 Å². The van der Waals surface area contributed by atoms with E-state index in [0.717, 1.165) is 17.1 Å². The smallest absolute Gasteiger partial charge is 0.224 e. The van der Waals surface area contributed by atoms with Crippen molar-refractivity contribution in [2.24, 2.45) is 0 Å². The average Bonchev–Trinajstić information content (AvgIpc) is 2.56. The van der Waals surface area contributed by atoms with Crippen LogP contribution in [-0.2, 0) is 17.0 Å². The van der Waals surface area contributed by atoms with E-state index in [4.69, 9.17) is 16.3 Å². The molecule has 0 aliphatic carbocycles. The van der Waals surface area contributed by atoms with Crippen molar-refractivity contribution in [3.63, 3.8) is 0 Å². The Morgan fingerprint density at radius 3 is 2.74 bits per heavy atom. The summed E-state index contributed by atoms with van der Waals surface area (Å²) >= 11 is 7.77. The molecule has 5 heteroatoms. The summed E-state index contributed by atoms with van der Waals surface area (Å²) in [6.07, 6.45) is 0.271. The number of thioether (sulfide) groups is 1. The maximum atomic E-state index is 12.0. The van der Waals surface area contributed by atoms with Crippen LogP contribution in [0.25, 0.3) is 0 Å². The second-order valence-electron chi connectivity index (χ2n) is 5.02. The Balaban J connectivity index is 1.70. The first kappa shape index (κ1) is 17.7. The molecule has 0 aliphatic heterocycles. The Morgan fingerprint density at radius 1 is 1.22 bits per heavy atom. The second-order valence-corrected chi connectivity index (χ2v) is 6.56. The Morgan fingerprint density at radius 2 is 2.00 bits per heavy atom. The maximum absolute atomic E-state index is 12.0. The van der Waals surface area contributed by atoms with Crippen molar-refractivity contribution >= 4 is 29.3 Å². The number of methoxy groups -OCH3 is 1. The fraction of sp³-hybridized carbons (Fsp3) is 0.278. The van der Waals surface area contributed by atoms with Crippen LogP contribution in [0, 0.1) is 0 Å². The Kier molecular flexibility index (Phi) is 7.30. The van der Waals surface area contributed by atoms with Gasteiger partial charge in [-0.3, -0.25) is 4.79 Å². The number of nitrogens with one attached hydrogen (secondary N) is 1. The van der Waals surface area contributed by atoms with Gasteiger partial charge in [0.1, 0.15) is 5.75 Å². The van der Waals surface area contributed by atoms with Crippen LogP contribution in [0.3, 0.4) is 0 Å². The summed E-state index contributed by atoms with van der Waals surface area (Å²) in [4.78, 5) is 12.0. The molecular formula is C18H20ClNO2S. The van der Waals surface area contributed by atoms with Crippen molar-refractivity contribution < 1.29 is 9.53 Å². The minimum Gasteiger partial charge on any atom is -0.496 e. The van der Waals surface area contributed by atoms with Crippen LogP contribution in [0.1, 0.15) is 11.1 Å². The van der Waals surface area contributed by atoms with Gasteiger partial charge in [0.15, 0.2) is 0 Å². The number of halogens is 1. The van der Waals surface area contributed by atoms with Crippen molar-refractivity contribution in [2.45, 2.75) is 12.2 Å². The molecule has 3 nitrogen and oxygen atoms in total. The zero-order chi connectivity index (χ0) is 16.5. The molecule has 0 unspecified atom stereocenters. The highest BCUT2D eigenvalue weighted by molar-refractivity contribution is 7.98. The monoisotopic (exact) mass is 349 g/mol. The highest BCUT2D eigenvalue weighted by atomic mass is 35.5. The van der Waals surface area contributed by atoms with Gasteiger partial charge in [0, 0.05) is 28.6 Å². The lowest BCUT2D eigenvalue weighted by Gasteiger charge is -2.09. The maximum Gasteiger partial charge on any atom is 0.224 e. The van der Waals surface area contributed by atoms with Crippen LogP contribution in [-0.4, -0.2) is 25.3 Å². The normalized spacial score (nSPS) is 10.3. The van der Waals surface area contributed by atoms with Gasteiger partial charge in [0.2, 0.25) is 5.91 Å². The number of carbonyl (C=O) groups is 1. The predicted octanol–water partition coefficient (Wildman–Crippen LogP) is 3.94. The first-order valence-electron chi connectivity index (χ1n) is 7.40. The van der Waals surface area contributed by atoms with Gasteiger partial charge in [-0.05, 0) is 23.8 Å². The summed E-state index contributed by atoms with van der Waals surface area (Å²) in [5.41, 5.74) is 2.10. The van der Waals surface area contributed by atoms with Crippen LogP contribution in [0.5, 0.6) is 5.75 Å². The molecule has 23 heavy (non-hydrogen) atoms. The van der Waals surface area contributed by atoms with Gasteiger partial charge in [0.25, 0.3) is 0 Å². The fourth-order valence-electron chi connectivity index (χ4n) is 2.15. The third-order valence-corrected chi connectivity index (χ3v) is 4.54. The van der Waals surface area contributed by atoms with E-state index < -0.39 is 0 Å². The molecule has 0 bridgehead atoms. The Bertz CT molecular complexity index is 634. The molecule has 0 fully saturated rings. The van der Waals surface area contributed by atoms with Crippen molar-refractivity contribution in [3.05, 3.63) is 64.7 Å². The molecule has 0 heterocycles. The van der Waals surface area contributed by atoms with E-state index in [9.17, 15) is 4.79 Å². The van der Waals surface area contributed by atoms with Gasteiger partial charge in [-0.15, -0.1) is 0 Å². The molecule has 1 amide bonds. The SMILES string of the molecule is COc1ccc(Cl)cc1CC(=O)NCCSCc1ccccc1. The van der Waals surface area contributed by atoms with Crippen LogP contribution in [0.4, 0.5) is 0 Å². The molecule has 2 aromatic rings. The summed E-state index contributed by atoms with van der Waals surface area (Å²) in [5, 5.41) is 3.53. The van der Waals surface area contributed by atoms with Crippen LogP contribution >= 0.6 is 23.4 Å².